The van der Waals surface area contributed by atoms with Gasteiger partial charge in [0.15, 0.2) is 0 Å². The molecule has 0 saturated heterocycles. The number of rotatable bonds is 2. The molecule has 2 aliphatic rings. The normalized spacial score (nSPS) is 24.0. The second kappa shape index (κ2) is 10.3. The Hall–Kier alpha value is -0.790. The number of aromatic nitrogens is 2. The maximum Gasteiger partial charge on any atom is 0.0950 e. The lowest BCUT2D eigenvalue weighted by atomic mass is 9.91. The Balaban J connectivity index is 1.68. The summed E-state index contributed by atoms with van der Waals surface area (Å²) in [6.07, 6.45) is 28.6. The Kier molecular flexibility index (Phi) is 7.70. The third-order valence-corrected chi connectivity index (χ3v) is 6.44. The molecular weight excluding hydrogens is 292 g/mol. The van der Waals surface area contributed by atoms with Crippen molar-refractivity contribution < 1.29 is 0 Å². The lowest BCUT2D eigenvalue weighted by Gasteiger charge is -2.26. The zero-order valence-corrected chi connectivity index (χ0v) is 15.7. The van der Waals surface area contributed by atoms with Crippen LogP contribution in [0.3, 0.4) is 0 Å². The van der Waals surface area contributed by atoms with E-state index in [1.165, 1.54) is 109 Å². The van der Waals surface area contributed by atoms with Crippen LogP contribution in [0, 0.1) is 0 Å². The van der Waals surface area contributed by atoms with Crippen LogP contribution in [0.25, 0.3) is 0 Å². The molecule has 0 bridgehead atoms. The van der Waals surface area contributed by atoms with Crippen LogP contribution in [0.1, 0.15) is 127 Å². The molecule has 0 unspecified atom stereocenters. The quantitative estimate of drug-likeness (QED) is 0.562. The molecule has 2 fully saturated rings. The summed E-state index contributed by atoms with van der Waals surface area (Å²) >= 11 is 0. The van der Waals surface area contributed by atoms with E-state index in [0.29, 0.717) is 0 Å². The van der Waals surface area contributed by atoms with Crippen LogP contribution in [-0.2, 0) is 0 Å². The van der Waals surface area contributed by atoms with Crippen LogP contribution >= 0.6 is 0 Å². The smallest absolute Gasteiger partial charge is 0.0950 e. The highest BCUT2D eigenvalue weighted by Crippen LogP contribution is 2.34. The SMILES string of the molecule is c1ncn(C2CCCCCCC2)c1C1CCCCCCCCCC1. The largest absolute Gasteiger partial charge is 0.331 e. The number of hydrogen-bond acceptors (Lipinski definition) is 1. The summed E-state index contributed by atoms with van der Waals surface area (Å²) in [6, 6.07) is 0.723. The molecule has 0 spiro atoms. The van der Waals surface area contributed by atoms with Gasteiger partial charge in [-0.15, -0.1) is 0 Å². The standard InChI is InChI=1S/C22H38N2/c1-2-4-7-11-15-20(14-10-6-3-1)22-18-23-19-24(22)21-16-12-8-5-9-13-17-21/h18-21H,1-17H2. The van der Waals surface area contributed by atoms with Crippen LogP contribution in [-0.4, -0.2) is 9.55 Å². The summed E-state index contributed by atoms with van der Waals surface area (Å²) in [5, 5.41) is 0. The molecule has 0 N–H and O–H groups in total. The van der Waals surface area contributed by atoms with Gasteiger partial charge in [0.2, 0.25) is 0 Å². The summed E-state index contributed by atoms with van der Waals surface area (Å²) in [7, 11) is 0. The van der Waals surface area contributed by atoms with Crippen molar-refractivity contribution in [3.8, 4) is 0 Å². The average molecular weight is 331 g/mol. The van der Waals surface area contributed by atoms with Crippen LogP contribution in [0.15, 0.2) is 12.5 Å². The van der Waals surface area contributed by atoms with Gasteiger partial charge in [-0.25, -0.2) is 4.98 Å². The molecule has 1 heterocycles. The fraction of sp³-hybridized carbons (Fsp3) is 0.864. The zero-order valence-electron chi connectivity index (χ0n) is 15.7. The van der Waals surface area contributed by atoms with E-state index in [1.54, 1.807) is 5.69 Å². The Bertz CT molecular complexity index is 431. The molecule has 0 atom stereocenters. The minimum atomic E-state index is 0.723. The van der Waals surface area contributed by atoms with Crippen molar-refractivity contribution in [1.29, 1.82) is 0 Å². The van der Waals surface area contributed by atoms with E-state index >= 15 is 0 Å². The predicted molar refractivity (Wildman–Crippen MR) is 102 cm³/mol. The van der Waals surface area contributed by atoms with Crippen molar-refractivity contribution in [2.24, 2.45) is 0 Å². The summed E-state index contributed by atoms with van der Waals surface area (Å²) in [6.45, 7) is 0. The van der Waals surface area contributed by atoms with Crippen LogP contribution in [0.4, 0.5) is 0 Å². The minimum Gasteiger partial charge on any atom is -0.331 e. The first-order valence-corrected chi connectivity index (χ1v) is 11.0. The fourth-order valence-corrected chi connectivity index (χ4v) is 4.93. The van der Waals surface area contributed by atoms with E-state index in [2.05, 4.69) is 22.1 Å². The number of nitrogens with zero attached hydrogens (tertiary/aromatic N) is 2. The molecule has 0 aromatic carbocycles. The molecule has 1 aromatic heterocycles. The van der Waals surface area contributed by atoms with Crippen molar-refractivity contribution >= 4 is 0 Å². The maximum absolute atomic E-state index is 4.60. The molecule has 0 amide bonds. The Morgan fingerprint density at radius 3 is 1.62 bits per heavy atom. The third kappa shape index (κ3) is 5.36. The molecule has 24 heavy (non-hydrogen) atoms. The minimum absolute atomic E-state index is 0.723. The fourth-order valence-electron chi connectivity index (χ4n) is 4.93. The molecule has 0 aliphatic heterocycles. The lowest BCUT2D eigenvalue weighted by molar-refractivity contribution is 0.354. The van der Waals surface area contributed by atoms with Gasteiger partial charge in [0.1, 0.15) is 0 Å². The lowest BCUT2D eigenvalue weighted by Crippen LogP contribution is -2.15. The first-order valence-electron chi connectivity index (χ1n) is 11.0. The first-order chi connectivity index (χ1) is 11.9. The van der Waals surface area contributed by atoms with E-state index in [9.17, 15) is 0 Å². The first kappa shape index (κ1) is 18.0. The van der Waals surface area contributed by atoms with E-state index in [-0.39, 0.29) is 0 Å². The third-order valence-electron chi connectivity index (χ3n) is 6.44. The molecule has 2 nitrogen and oxygen atoms in total. The molecule has 2 saturated carbocycles. The maximum atomic E-state index is 4.60. The van der Waals surface area contributed by atoms with Crippen molar-refractivity contribution in [2.45, 2.75) is 121 Å². The highest BCUT2D eigenvalue weighted by Gasteiger charge is 2.21. The van der Waals surface area contributed by atoms with Gasteiger partial charge in [-0.3, -0.25) is 0 Å². The van der Waals surface area contributed by atoms with E-state index in [0.717, 1.165) is 12.0 Å². The van der Waals surface area contributed by atoms with Gasteiger partial charge < -0.3 is 4.57 Å². The van der Waals surface area contributed by atoms with Gasteiger partial charge in [0.25, 0.3) is 0 Å². The second-order valence-corrected chi connectivity index (χ2v) is 8.33. The monoisotopic (exact) mass is 330 g/mol. The van der Waals surface area contributed by atoms with Crippen molar-refractivity contribution in [3.05, 3.63) is 18.2 Å². The van der Waals surface area contributed by atoms with Gasteiger partial charge in [-0.05, 0) is 25.7 Å². The molecule has 1 aromatic rings. The van der Waals surface area contributed by atoms with E-state index in [4.69, 9.17) is 0 Å². The molecule has 136 valence electrons. The van der Waals surface area contributed by atoms with Gasteiger partial charge in [-0.2, -0.15) is 0 Å². The summed E-state index contributed by atoms with van der Waals surface area (Å²) in [5.74, 6) is 0.760. The predicted octanol–water partition coefficient (Wildman–Crippen LogP) is 7.17. The van der Waals surface area contributed by atoms with Crippen molar-refractivity contribution in [1.82, 2.24) is 9.55 Å². The van der Waals surface area contributed by atoms with Crippen molar-refractivity contribution in [3.63, 3.8) is 0 Å². The van der Waals surface area contributed by atoms with Gasteiger partial charge in [-0.1, -0.05) is 83.5 Å². The van der Waals surface area contributed by atoms with Gasteiger partial charge in [0.05, 0.1) is 6.33 Å². The topological polar surface area (TPSA) is 17.8 Å². The van der Waals surface area contributed by atoms with Crippen molar-refractivity contribution in [2.75, 3.05) is 0 Å². The highest BCUT2D eigenvalue weighted by atomic mass is 15.1. The summed E-state index contributed by atoms with van der Waals surface area (Å²) in [5.41, 5.74) is 1.57. The molecule has 0 radical (unpaired) electrons. The second-order valence-electron chi connectivity index (χ2n) is 8.33. The summed E-state index contributed by atoms with van der Waals surface area (Å²) < 4.78 is 2.61. The average Bonchev–Trinajstić information content (AvgIpc) is 3.01. The Morgan fingerprint density at radius 1 is 0.625 bits per heavy atom. The molecular formula is C22H38N2. The highest BCUT2D eigenvalue weighted by molar-refractivity contribution is 5.08. The van der Waals surface area contributed by atoms with Gasteiger partial charge >= 0.3 is 0 Å². The molecule has 2 aliphatic carbocycles. The van der Waals surface area contributed by atoms with Crippen LogP contribution < -0.4 is 0 Å². The van der Waals surface area contributed by atoms with Gasteiger partial charge in [0, 0.05) is 23.9 Å². The Morgan fingerprint density at radius 2 is 1.08 bits per heavy atom. The van der Waals surface area contributed by atoms with E-state index < -0.39 is 0 Å². The zero-order chi connectivity index (χ0) is 16.5. The van der Waals surface area contributed by atoms with E-state index in [1.807, 2.05) is 0 Å². The molecule has 2 heteroatoms. The Labute approximate surface area is 149 Å². The number of imidazole rings is 1. The van der Waals surface area contributed by atoms with Crippen LogP contribution in [0.2, 0.25) is 0 Å². The van der Waals surface area contributed by atoms with Crippen LogP contribution in [0.5, 0.6) is 0 Å². The molecule has 3 rings (SSSR count). The number of hydrogen-bond donors (Lipinski definition) is 0. The summed E-state index contributed by atoms with van der Waals surface area (Å²) in [4.78, 5) is 4.60.